The van der Waals surface area contributed by atoms with E-state index in [4.69, 9.17) is 10.7 Å². The number of aromatic amines is 1. The van der Waals surface area contributed by atoms with Crippen LogP contribution in [0.4, 0.5) is 0 Å². The van der Waals surface area contributed by atoms with E-state index in [2.05, 4.69) is 4.98 Å². The second kappa shape index (κ2) is 4.17. The third kappa shape index (κ3) is 1.85. The highest BCUT2D eigenvalue weighted by Gasteiger charge is 2.52. The molecule has 4 fully saturated rings. The maximum absolute atomic E-state index is 12.0. The number of aromatic nitrogens is 2. The van der Waals surface area contributed by atoms with Crippen LogP contribution in [0.5, 0.6) is 0 Å². The molecule has 0 aromatic carbocycles. The summed E-state index contributed by atoms with van der Waals surface area (Å²) >= 11 is 0. The van der Waals surface area contributed by atoms with Gasteiger partial charge in [0.05, 0.1) is 5.69 Å². The van der Waals surface area contributed by atoms with E-state index in [1.807, 2.05) is 6.92 Å². The number of nitrogens with zero attached hydrogens (tertiary/aromatic N) is 1. The monoisotopic (exact) mass is 273 g/mol. The second-order valence-corrected chi connectivity index (χ2v) is 7.51. The summed E-state index contributed by atoms with van der Waals surface area (Å²) < 4.78 is 0. The average molecular weight is 273 g/mol. The van der Waals surface area contributed by atoms with Crippen molar-refractivity contribution in [1.82, 2.24) is 9.97 Å². The molecule has 4 nitrogen and oxygen atoms in total. The van der Waals surface area contributed by atoms with Crippen molar-refractivity contribution in [3.63, 3.8) is 0 Å². The normalized spacial score (nSPS) is 40.0. The zero-order valence-corrected chi connectivity index (χ0v) is 12.1. The van der Waals surface area contributed by atoms with E-state index in [-0.39, 0.29) is 17.0 Å². The molecule has 0 spiro atoms. The molecular formula is C16H23N3O. The van der Waals surface area contributed by atoms with E-state index in [0.717, 1.165) is 29.3 Å². The highest BCUT2D eigenvalue weighted by Crippen LogP contribution is 2.59. The molecule has 4 saturated carbocycles. The van der Waals surface area contributed by atoms with Gasteiger partial charge in [-0.25, -0.2) is 4.98 Å². The van der Waals surface area contributed by atoms with E-state index in [1.54, 1.807) is 6.07 Å². The van der Waals surface area contributed by atoms with E-state index in [9.17, 15) is 4.79 Å². The molecule has 0 amide bonds. The van der Waals surface area contributed by atoms with E-state index < -0.39 is 0 Å². The summed E-state index contributed by atoms with van der Waals surface area (Å²) in [5.41, 5.74) is 6.76. The summed E-state index contributed by atoms with van der Waals surface area (Å²) in [5.74, 6) is 3.48. The minimum absolute atomic E-state index is 0.0435. The highest BCUT2D eigenvalue weighted by molar-refractivity contribution is 5.19. The highest BCUT2D eigenvalue weighted by atomic mass is 16.1. The van der Waals surface area contributed by atoms with Gasteiger partial charge in [-0.05, 0) is 63.2 Å². The molecule has 1 unspecified atom stereocenters. The first-order chi connectivity index (χ1) is 9.54. The van der Waals surface area contributed by atoms with Gasteiger partial charge in [-0.2, -0.15) is 0 Å². The SMILES string of the molecule is CC(N)c1cc(=O)[nH]c(C23CC4CC(CC(C4)C2)C3)n1. The lowest BCUT2D eigenvalue weighted by atomic mass is 9.49. The molecule has 3 N–H and O–H groups in total. The number of rotatable bonds is 2. The number of nitrogens with one attached hydrogen (secondary N) is 1. The molecule has 4 aliphatic carbocycles. The first-order valence-corrected chi connectivity index (χ1v) is 7.91. The van der Waals surface area contributed by atoms with Crippen molar-refractivity contribution in [2.45, 2.75) is 56.9 Å². The molecule has 4 aliphatic rings. The smallest absolute Gasteiger partial charge is 0.251 e. The van der Waals surface area contributed by atoms with Crippen molar-refractivity contribution in [2.24, 2.45) is 23.5 Å². The third-order valence-corrected chi connectivity index (χ3v) is 5.77. The first-order valence-electron chi connectivity index (χ1n) is 7.91. The van der Waals surface area contributed by atoms with Gasteiger partial charge >= 0.3 is 0 Å². The Bertz CT molecular complexity index is 554. The molecule has 5 rings (SSSR count). The van der Waals surface area contributed by atoms with Crippen molar-refractivity contribution in [1.29, 1.82) is 0 Å². The van der Waals surface area contributed by atoms with Gasteiger partial charge in [-0.3, -0.25) is 4.79 Å². The predicted molar refractivity (Wildman–Crippen MR) is 77.3 cm³/mol. The third-order valence-electron chi connectivity index (χ3n) is 5.77. The van der Waals surface area contributed by atoms with Crippen LogP contribution in [-0.4, -0.2) is 9.97 Å². The number of nitrogens with two attached hydrogens (primary N) is 1. The summed E-state index contributed by atoms with van der Waals surface area (Å²) in [7, 11) is 0. The van der Waals surface area contributed by atoms with Crippen LogP contribution >= 0.6 is 0 Å². The number of H-pyrrole nitrogens is 1. The summed E-state index contributed by atoms with van der Waals surface area (Å²) in [4.78, 5) is 19.7. The van der Waals surface area contributed by atoms with Crippen molar-refractivity contribution < 1.29 is 0 Å². The van der Waals surface area contributed by atoms with Crippen LogP contribution < -0.4 is 11.3 Å². The Kier molecular flexibility index (Phi) is 2.62. The first kappa shape index (κ1) is 12.6. The minimum atomic E-state index is -0.176. The average Bonchev–Trinajstić information content (AvgIpc) is 2.36. The van der Waals surface area contributed by atoms with Gasteiger partial charge in [0.1, 0.15) is 5.82 Å². The van der Waals surface area contributed by atoms with Gasteiger partial charge in [0.25, 0.3) is 5.56 Å². The maximum Gasteiger partial charge on any atom is 0.251 e. The molecule has 1 aromatic rings. The molecule has 108 valence electrons. The standard InChI is InChI=1S/C16H23N3O/c1-9(17)13-5-14(20)19-15(18-13)16-6-10-2-11(7-16)4-12(3-10)8-16/h5,9-12H,2-4,6-8,17H2,1H3,(H,18,19,20). The number of hydrogen-bond donors (Lipinski definition) is 2. The predicted octanol–water partition coefficient (Wildman–Crippen LogP) is 2.26. The van der Waals surface area contributed by atoms with Crippen molar-refractivity contribution >= 4 is 0 Å². The van der Waals surface area contributed by atoms with Crippen LogP contribution in [0.1, 0.15) is 63.0 Å². The Hall–Kier alpha value is -1.16. The molecule has 0 radical (unpaired) electrons. The fourth-order valence-electron chi connectivity index (χ4n) is 5.36. The quantitative estimate of drug-likeness (QED) is 0.868. The van der Waals surface area contributed by atoms with Gasteiger partial charge in [0, 0.05) is 17.5 Å². The van der Waals surface area contributed by atoms with E-state index in [0.29, 0.717) is 0 Å². The lowest BCUT2D eigenvalue weighted by molar-refractivity contribution is -0.00962. The van der Waals surface area contributed by atoms with Gasteiger partial charge in [-0.15, -0.1) is 0 Å². The maximum atomic E-state index is 12.0. The minimum Gasteiger partial charge on any atom is -0.323 e. The molecule has 1 heterocycles. The topological polar surface area (TPSA) is 71.8 Å². The largest absolute Gasteiger partial charge is 0.323 e. The lowest BCUT2D eigenvalue weighted by Gasteiger charge is -2.56. The fraction of sp³-hybridized carbons (Fsp3) is 0.750. The van der Waals surface area contributed by atoms with Gasteiger partial charge in [0.2, 0.25) is 0 Å². The summed E-state index contributed by atoms with van der Waals surface area (Å²) in [6.45, 7) is 1.89. The van der Waals surface area contributed by atoms with Crippen molar-refractivity contribution in [3.8, 4) is 0 Å². The van der Waals surface area contributed by atoms with E-state index >= 15 is 0 Å². The molecule has 20 heavy (non-hydrogen) atoms. The molecular weight excluding hydrogens is 250 g/mol. The van der Waals surface area contributed by atoms with Crippen LogP contribution in [0.15, 0.2) is 10.9 Å². The Balaban J connectivity index is 1.79. The molecule has 0 saturated heterocycles. The molecule has 1 atom stereocenters. The van der Waals surface area contributed by atoms with Crippen molar-refractivity contribution in [2.75, 3.05) is 0 Å². The van der Waals surface area contributed by atoms with Crippen LogP contribution in [0.3, 0.4) is 0 Å². The lowest BCUT2D eigenvalue weighted by Crippen LogP contribution is -2.50. The summed E-state index contributed by atoms with van der Waals surface area (Å²) in [6, 6.07) is 1.37. The molecule has 4 heteroatoms. The fourth-order valence-corrected chi connectivity index (χ4v) is 5.36. The Morgan fingerprint density at radius 1 is 1.25 bits per heavy atom. The Morgan fingerprint density at radius 2 is 1.80 bits per heavy atom. The Labute approximate surface area is 119 Å². The summed E-state index contributed by atoms with van der Waals surface area (Å²) in [6.07, 6.45) is 7.84. The molecule has 0 aliphatic heterocycles. The zero-order chi connectivity index (χ0) is 13.9. The zero-order valence-electron chi connectivity index (χ0n) is 12.1. The van der Waals surface area contributed by atoms with Crippen LogP contribution in [-0.2, 0) is 5.41 Å². The second-order valence-electron chi connectivity index (χ2n) is 7.51. The van der Waals surface area contributed by atoms with Gasteiger partial charge in [-0.1, -0.05) is 0 Å². The van der Waals surface area contributed by atoms with Crippen LogP contribution in [0.25, 0.3) is 0 Å². The van der Waals surface area contributed by atoms with Gasteiger partial charge < -0.3 is 10.7 Å². The van der Waals surface area contributed by atoms with Crippen molar-refractivity contribution in [3.05, 3.63) is 27.9 Å². The van der Waals surface area contributed by atoms with Gasteiger partial charge in [0.15, 0.2) is 0 Å². The summed E-state index contributed by atoms with van der Waals surface area (Å²) in [5, 5.41) is 0. The van der Waals surface area contributed by atoms with Crippen LogP contribution in [0.2, 0.25) is 0 Å². The Morgan fingerprint density at radius 3 is 2.30 bits per heavy atom. The molecule has 4 bridgehead atoms. The van der Waals surface area contributed by atoms with E-state index in [1.165, 1.54) is 38.5 Å². The van der Waals surface area contributed by atoms with Crippen LogP contribution in [0, 0.1) is 17.8 Å². The number of hydrogen-bond acceptors (Lipinski definition) is 3. The molecule has 1 aromatic heterocycles.